The van der Waals surface area contributed by atoms with Crippen molar-refractivity contribution in [3.05, 3.63) is 47.9 Å². The predicted octanol–water partition coefficient (Wildman–Crippen LogP) is 3.29. The molecule has 132 valence electrons. The Morgan fingerprint density at radius 2 is 2.15 bits per heavy atom. The van der Waals surface area contributed by atoms with Gasteiger partial charge in [0.1, 0.15) is 23.1 Å². The van der Waals surface area contributed by atoms with Gasteiger partial charge >= 0.3 is 5.97 Å². The van der Waals surface area contributed by atoms with Gasteiger partial charge in [-0.1, -0.05) is 0 Å². The Bertz CT molecular complexity index is 1000. The quantitative estimate of drug-likeness (QED) is 0.711. The average molecular weight is 349 g/mol. The monoisotopic (exact) mass is 349 g/mol. The molecule has 0 saturated heterocycles. The van der Waals surface area contributed by atoms with Gasteiger partial charge in [-0.15, -0.1) is 0 Å². The van der Waals surface area contributed by atoms with Crippen molar-refractivity contribution in [2.45, 2.75) is 26.8 Å². The molecule has 0 radical (unpaired) electrons. The van der Waals surface area contributed by atoms with Gasteiger partial charge in [0.2, 0.25) is 0 Å². The molecule has 0 aliphatic heterocycles. The van der Waals surface area contributed by atoms with Gasteiger partial charge in [-0.05, 0) is 32.9 Å². The van der Waals surface area contributed by atoms with Crippen molar-refractivity contribution in [2.75, 3.05) is 11.9 Å². The van der Waals surface area contributed by atoms with E-state index < -0.39 is 5.97 Å². The number of nitrogens with one attached hydrogen (secondary N) is 1. The Labute approximate surface area is 151 Å². The van der Waals surface area contributed by atoms with Crippen molar-refractivity contribution >= 4 is 22.7 Å². The number of nitriles is 1. The van der Waals surface area contributed by atoms with Gasteiger partial charge < -0.3 is 10.1 Å². The maximum Gasteiger partial charge on any atom is 0.341 e. The number of pyridine rings is 2. The summed E-state index contributed by atoms with van der Waals surface area (Å²) in [5.41, 5.74) is 2.23. The normalized spacial score (nSPS) is 10.7. The lowest BCUT2D eigenvalue weighted by Gasteiger charge is -2.15. The summed E-state index contributed by atoms with van der Waals surface area (Å²) in [6.45, 7) is 6.05. The van der Waals surface area contributed by atoms with E-state index in [9.17, 15) is 4.79 Å². The van der Waals surface area contributed by atoms with Crippen molar-refractivity contribution in [3.8, 4) is 11.9 Å². The lowest BCUT2D eigenvalue weighted by Crippen LogP contribution is -2.16. The van der Waals surface area contributed by atoms with Crippen LogP contribution < -0.4 is 5.32 Å². The zero-order valence-corrected chi connectivity index (χ0v) is 14.9. The van der Waals surface area contributed by atoms with Crippen molar-refractivity contribution in [1.82, 2.24) is 14.5 Å². The molecular weight excluding hydrogens is 330 g/mol. The summed E-state index contributed by atoms with van der Waals surface area (Å²) >= 11 is 0. The Kier molecular flexibility index (Phi) is 4.85. The van der Waals surface area contributed by atoms with Gasteiger partial charge in [0.25, 0.3) is 0 Å². The van der Waals surface area contributed by atoms with Crippen LogP contribution in [0.3, 0.4) is 0 Å². The largest absolute Gasteiger partial charge is 0.462 e. The van der Waals surface area contributed by atoms with E-state index >= 15 is 0 Å². The number of carbonyl (C=O) groups excluding carboxylic acids is 1. The third-order valence-corrected chi connectivity index (χ3v) is 3.73. The Balaban J connectivity index is 2.08. The number of hydrogen-bond donors (Lipinski definition) is 1. The number of aromatic nitrogens is 3. The van der Waals surface area contributed by atoms with E-state index in [2.05, 4.69) is 21.4 Å². The van der Waals surface area contributed by atoms with Crippen LogP contribution in [0.1, 0.15) is 36.7 Å². The molecular formula is C19H19N5O2. The first kappa shape index (κ1) is 17.4. The molecule has 0 atom stereocenters. The van der Waals surface area contributed by atoms with Crippen LogP contribution in [0.4, 0.5) is 5.69 Å². The average Bonchev–Trinajstić information content (AvgIpc) is 3.04. The summed E-state index contributed by atoms with van der Waals surface area (Å²) in [4.78, 5) is 20.9. The third kappa shape index (κ3) is 3.35. The van der Waals surface area contributed by atoms with Gasteiger partial charge in [0, 0.05) is 36.1 Å². The number of rotatable bonds is 5. The van der Waals surface area contributed by atoms with E-state index in [0.29, 0.717) is 34.9 Å². The summed E-state index contributed by atoms with van der Waals surface area (Å²) in [5.74, 6) is 0.206. The van der Waals surface area contributed by atoms with E-state index in [1.54, 1.807) is 19.1 Å². The number of ether oxygens (including phenoxy) is 1. The van der Waals surface area contributed by atoms with Gasteiger partial charge in [0.15, 0.2) is 0 Å². The minimum Gasteiger partial charge on any atom is -0.462 e. The lowest BCUT2D eigenvalue weighted by atomic mass is 10.2. The van der Waals surface area contributed by atoms with Crippen molar-refractivity contribution in [2.24, 2.45) is 0 Å². The molecule has 3 rings (SSSR count). The van der Waals surface area contributed by atoms with Gasteiger partial charge in [-0.25, -0.2) is 14.8 Å². The number of carbonyl (C=O) groups is 1. The summed E-state index contributed by atoms with van der Waals surface area (Å²) < 4.78 is 6.92. The van der Waals surface area contributed by atoms with E-state index in [0.717, 1.165) is 5.39 Å². The van der Waals surface area contributed by atoms with Crippen LogP contribution in [0.5, 0.6) is 0 Å². The SMILES string of the molecule is CCOC(=O)c1cnc(-n2ccc3cc(C#N)cnc32)cc1NC(C)C. The van der Waals surface area contributed by atoms with E-state index in [4.69, 9.17) is 10.00 Å². The molecule has 0 amide bonds. The molecule has 3 aromatic heterocycles. The second-order valence-electron chi connectivity index (χ2n) is 6.04. The molecule has 0 fully saturated rings. The molecule has 26 heavy (non-hydrogen) atoms. The van der Waals surface area contributed by atoms with Gasteiger partial charge in [-0.3, -0.25) is 4.57 Å². The molecule has 0 saturated carbocycles. The van der Waals surface area contributed by atoms with E-state index in [1.807, 2.05) is 30.7 Å². The standard InChI is InChI=1S/C19H19N5O2/c1-4-26-19(25)15-11-21-17(8-16(15)23-12(2)3)24-6-5-14-7-13(9-20)10-22-18(14)24/h5-8,10-12H,4H2,1-3H3,(H,21,23). The first-order valence-corrected chi connectivity index (χ1v) is 8.34. The number of anilines is 1. The summed E-state index contributed by atoms with van der Waals surface area (Å²) in [7, 11) is 0. The maximum atomic E-state index is 12.2. The Morgan fingerprint density at radius 3 is 2.85 bits per heavy atom. The molecule has 0 spiro atoms. The highest BCUT2D eigenvalue weighted by atomic mass is 16.5. The van der Waals surface area contributed by atoms with Gasteiger partial charge in [0.05, 0.1) is 17.9 Å². The minimum atomic E-state index is -0.413. The Hall–Kier alpha value is -3.40. The van der Waals surface area contributed by atoms with Crippen molar-refractivity contribution in [1.29, 1.82) is 5.26 Å². The Morgan fingerprint density at radius 1 is 1.35 bits per heavy atom. The van der Waals surface area contributed by atoms with E-state index in [-0.39, 0.29) is 6.04 Å². The smallest absolute Gasteiger partial charge is 0.341 e. The fraction of sp³-hybridized carbons (Fsp3) is 0.263. The number of esters is 1. The highest BCUT2D eigenvalue weighted by Crippen LogP contribution is 2.23. The van der Waals surface area contributed by atoms with Crippen LogP contribution in [-0.2, 0) is 4.74 Å². The van der Waals surface area contributed by atoms with E-state index in [1.165, 1.54) is 12.4 Å². The second kappa shape index (κ2) is 7.23. The molecule has 1 N–H and O–H groups in total. The third-order valence-electron chi connectivity index (χ3n) is 3.73. The van der Waals surface area contributed by atoms with Crippen LogP contribution in [-0.4, -0.2) is 33.2 Å². The molecule has 0 aliphatic carbocycles. The maximum absolute atomic E-state index is 12.2. The van der Waals surface area contributed by atoms with Crippen LogP contribution in [0.25, 0.3) is 16.9 Å². The van der Waals surface area contributed by atoms with Crippen molar-refractivity contribution < 1.29 is 9.53 Å². The van der Waals surface area contributed by atoms with Gasteiger partial charge in [-0.2, -0.15) is 5.26 Å². The van der Waals surface area contributed by atoms with Crippen LogP contribution >= 0.6 is 0 Å². The number of fused-ring (bicyclic) bond motifs is 1. The fourth-order valence-electron chi connectivity index (χ4n) is 2.65. The molecule has 7 nitrogen and oxygen atoms in total. The lowest BCUT2D eigenvalue weighted by molar-refractivity contribution is 0.0527. The summed E-state index contributed by atoms with van der Waals surface area (Å²) in [5, 5.41) is 13.1. The number of hydrogen-bond acceptors (Lipinski definition) is 6. The first-order valence-electron chi connectivity index (χ1n) is 8.34. The molecule has 0 bridgehead atoms. The molecule has 3 heterocycles. The first-order chi connectivity index (χ1) is 12.5. The molecule has 0 aromatic carbocycles. The fourth-order valence-corrected chi connectivity index (χ4v) is 2.65. The summed E-state index contributed by atoms with van der Waals surface area (Å²) in [6, 6.07) is 7.67. The molecule has 0 aliphatic rings. The van der Waals surface area contributed by atoms with Crippen LogP contribution in [0, 0.1) is 11.3 Å². The zero-order valence-electron chi connectivity index (χ0n) is 14.9. The molecule has 7 heteroatoms. The highest BCUT2D eigenvalue weighted by Gasteiger charge is 2.16. The van der Waals surface area contributed by atoms with Crippen LogP contribution in [0.15, 0.2) is 36.8 Å². The number of nitrogens with zero attached hydrogens (tertiary/aromatic N) is 4. The minimum absolute atomic E-state index is 0.135. The van der Waals surface area contributed by atoms with Crippen LogP contribution in [0.2, 0.25) is 0 Å². The highest BCUT2D eigenvalue weighted by molar-refractivity contribution is 5.95. The summed E-state index contributed by atoms with van der Waals surface area (Å²) in [6.07, 6.45) is 4.87. The predicted molar refractivity (Wildman–Crippen MR) is 98.3 cm³/mol. The molecule has 3 aromatic rings. The van der Waals surface area contributed by atoms with Crippen molar-refractivity contribution in [3.63, 3.8) is 0 Å². The second-order valence-corrected chi connectivity index (χ2v) is 6.04. The molecule has 0 unspecified atom stereocenters. The topological polar surface area (TPSA) is 92.8 Å². The zero-order chi connectivity index (χ0) is 18.7.